The Kier molecular flexibility index (Phi) is 6.84. The summed E-state index contributed by atoms with van der Waals surface area (Å²) in [4.78, 5) is 0. The van der Waals surface area contributed by atoms with E-state index in [1.165, 1.54) is 0 Å². The Bertz CT molecular complexity index is 435. The molecule has 2 saturated heterocycles. The fraction of sp³-hybridized carbons (Fsp3) is 0.789. The van der Waals surface area contributed by atoms with E-state index in [2.05, 4.69) is 6.08 Å². The zero-order valence-corrected chi connectivity index (χ0v) is 14.5. The quantitative estimate of drug-likeness (QED) is 0.710. The van der Waals surface area contributed by atoms with Crippen LogP contribution in [0.5, 0.6) is 0 Å². The van der Waals surface area contributed by atoms with Crippen molar-refractivity contribution in [3.05, 3.63) is 24.1 Å². The van der Waals surface area contributed by atoms with E-state index < -0.39 is 0 Å². The van der Waals surface area contributed by atoms with Crippen molar-refractivity contribution in [2.45, 2.75) is 51.6 Å². The zero-order chi connectivity index (χ0) is 16.8. The van der Waals surface area contributed by atoms with Gasteiger partial charge in [-0.2, -0.15) is 0 Å². The van der Waals surface area contributed by atoms with Gasteiger partial charge in [0.05, 0.1) is 32.3 Å². The molecule has 2 heterocycles. The predicted octanol–water partition coefficient (Wildman–Crippen LogP) is 3.97. The van der Waals surface area contributed by atoms with Crippen LogP contribution in [0.4, 0.5) is 4.39 Å². The Hall–Kier alpha value is -0.750. The SMILES string of the molecule is C/C=C/[C@H]1CO[C@H](CC[C@H]2CO[C@H](C3CC=C(F)CC3)OC2)OC1. The van der Waals surface area contributed by atoms with Crippen LogP contribution in [0.25, 0.3) is 0 Å². The molecule has 0 N–H and O–H groups in total. The molecule has 3 rings (SSSR count). The van der Waals surface area contributed by atoms with E-state index in [9.17, 15) is 4.39 Å². The minimum absolute atomic E-state index is 0.00378. The lowest BCUT2D eigenvalue weighted by atomic mass is 9.92. The van der Waals surface area contributed by atoms with Crippen LogP contribution in [0, 0.1) is 17.8 Å². The summed E-state index contributed by atoms with van der Waals surface area (Å²) in [6.45, 7) is 4.91. The molecule has 0 bridgehead atoms. The highest BCUT2D eigenvalue weighted by atomic mass is 19.1. The molecule has 1 aliphatic carbocycles. The first kappa shape index (κ1) is 18.1. The van der Waals surface area contributed by atoms with E-state index in [1.807, 2.05) is 13.0 Å². The predicted molar refractivity (Wildman–Crippen MR) is 88.9 cm³/mol. The molecule has 3 aliphatic rings. The largest absolute Gasteiger partial charge is 0.352 e. The highest BCUT2D eigenvalue weighted by molar-refractivity contribution is 4.98. The lowest BCUT2D eigenvalue weighted by Crippen LogP contribution is -2.38. The van der Waals surface area contributed by atoms with Crippen LogP contribution in [-0.2, 0) is 18.9 Å². The summed E-state index contributed by atoms with van der Waals surface area (Å²) in [5, 5.41) is 0. The maximum absolute atomic E-state index is 13.1. The van der Waals surface area contributed by atoms with Crippen molar-refractivity contribution in [3.63, 3.8) is 0 Å². The molecule has 2 aliphatic heterocycles. The second kappa shape index (κ2) is 9.09. The molecular formula is C19H29FO4. The third kappa shape index (κ3) is 5.12. The molecule has 0 aromatic heterocycles. The van der Waals surface area contributed by atoms with Crippen LogP contribution in [0.15, 0.2) is 24.1 Å². The van der Waals surface area contributed by atoms with Gasteiger partial charge >= 0.3 is 0 Å². The third-order valence-corrected chi connectivity index (χ3v) is 5.04. The molecule has 0 amide bonds. The molecule has 1 atom stereocenters. The Morgan fingerprint density at radius 3 is 2.46 bits per heavy atom. The van der Waals surface area contributed by atoms with Crippen LogP contribution in [0.3, 0.4) is 0 Å². The Labute approximate surface area is 144 Å². The lowest BCUT2D eigenvalue weighted by molar-refractivity contribution is -0.232. The Morgan fingerprint density at radius 1 is 1.08 bits per heavy atom. The van der Waals surface area contributed by atoms with Crippen molar-refractivity contribution in [1.82, 2.24) is 0 Å². The molecular weight excluding hydrogens is 311 g/mol. The van der Waals surface area contributed by atoms with Gasteiger partial charge in [-0.3, -0.25) is 0 Å². The Morgan fingerprint density at radius 2 is 1.83 bits per heavy atom. The molecule has 2 fully saturated rings. The van der Waals surface area contributed by atoms with Crippen molar-refractivity contribution in [2.24, 2.45) is 17.8 Å². The molecule has 0 saturated carbocycles. The standard InChI is InChI=1S/C19H29FO4/c1-2-3-14-10-21-18(22-11-14)9-4-15-12-23-19(24-13-15)16-5-7-17(20)8-6-16/h2-3,7,14-16,18-19H,4-6,8-13H2,1H3/b3-2+/t14-,15-,16?,18-,19-. The molecule has 0 aromatic rings. The molecule has 1 unspecified atom stereocenters. The van der Waals surface area contributed by atoms with Crippen molar-refractivity contribution in [1.29, 1.82) is 0 Å². The van der Waals surface area contributed by atoms with E-state index in [4.69, 9.17) is 18.9 Å². The second-order valence-corrected chi connectivity index (χ2v) is 7.05. The van der Waals surface area contributed by atoms with Gasteiger partial charge in [-0.1, -0.05) is 18.2 Å². The molecule has 0 aromatic carbocycles. The van der Waals surface area contributed by atoms with Gasteiger partial charge in [-0.15, -0.1) is 0 Å². The lowest BCUT2D eigenvalue weighted by Gasteiger charge is -2.35. The molecule has 24 heavy (non-hydrogen) atoms. The van der Waals surface area contributed by atoms with Crippen LogP contribution < -0.4 is 0 Å². The summed E-state index contributed by atoms with van der Waals surface area (Å²) in [7, 11) is 0. The minimum atomic E-state index is -0.172. The van der Waals surface area contributed by atoms with E-state index in [0.717, 1.165) is 38.9 Å². The van der Waals surface area contributed by atoms with Crippen molar-refractivity contribution < 1.29 is 23.3 Å². The van der Waals surface area contributed by atoms with E-state index in [0.29, 0.717) is 37.4 Å². The van der Waals surface area contributed by atoms with Gasteiger partial charge in [0.25, 0.3) is 0 Å². The fourth-order valence-electron chi connectivity index (χ4n) is 3.55. The van der Waals surface area contributed by atoms with Crippen molar-refractivity contribution in [3.8, 4) is 0 Å². The number of allylic oxidation sites excluding steroid dienone is 3. The molecule has 0 spiro atoms. The zero-order valence-electron chi connectivity index (χ0n) is 14.5. The fourth-order valence-corrected chi connectivity index (χ4v) is 3.55. The summed E-state index contributed by atoms with van der Waals surface area (Å²) < 4.78 is 36.4. The number of hydrogen-bond donors (Lipinski definition) is 0. The topological polar surface area (TPSA) is 36.9 Å². The number of ether oxygens (including phenoxy) is 4. The average Bonchev–Trinajstić information content (AvgIpc) is 2.63. The van der Waals surface area contributed by atoms with Crippen molar-refractivity contribution in [2.75, 3.05) is 26.4 Å². The summed E-state index contributed by atoms with van der Waals surface area (Å²) in [5.74, 6) is 1.06. The molecule has 4 nitrogen and oxygen atoms in total. The summed E-state index contributed by atoms with van der Waals surface area (Å²) in [6.07, 6.45) is 9.48. The first-order valence-electron chi connectivity index (χ1n) is 9.18. The van der Waals surface area contributed by atoms with Crippen LogP contribution in [0.2, 0.25) is 0 Å². The van der Waals surface area contributed by atoms with Gasteiger partial charge in [-0.25, -0.2) is 4.39 Å². The van der Waals surface area contributed by atoms with Crippen LogP contribution in [0.1, 0.15) is 39.0 Å². The smallest absolute Gasteiger partial charge is 0.160 e. The average molecular weight is 340 g/mol. The highest BCUT2D eigenvalue weighted by Crippen LogP contribution is 2.31. The van der Waals surface area contributed by atoms with Crippen molar-refractivity contribution >= 4 is 0 Å². The third-order valence-electron chi connectivity index (χ3n) is 5.04. The van der Waals surface area contributed by atoms with E-state index in [-0.39, 0.29) is 18.4 Å². The summed E-state index contributed by atoms with van der Waals surface area (Å²) in [6, 6.07) is 0. The Balaban J connectivity index is 1.32. The first-order chi connectivity index (χ1) is 11.7. The van der Waals surface area contributed by atoms with Crippen LogP contribution >= 0.6 is 0 Å². The number of halogens is 1. The molecule has 0 radical (unpaired) electrons. The van der Waals surface area contributed by atoms with Gasteiger partial charge in [0, 0.05) is 17.8 Å². The molecule has 5 heteroatoms. The highest BCUT2D eigenvalue weighted by Gasteiger charge is 2.31. The second-order valence-electron chi connectivity index (χ2n) is 7.05. The monoisotopic (exact) mass is 340 g/mol. The number of hydrogen-bond acceptors (Lipinski definition) is 4. The first-order valence-corrected chi connectivity index (χ1v) is 9.18. The summed E-state index contributed by atoms with van der Waals surface area (Å²) in [5.41, 5.74) is 0. The van der Waals surface area contributed by atoms with E-state index in [1.54, 1.807) is 6.08 Å². The van der Waals surface area contributed by atoms with Gasteiger partial charge in [0.15, 0.2) is 12.6 Å². The maximum atomic E-state index is 13.1. The number of rotatable bonds is 5. The normalized spacial score (nSPS) is 38.2. The minimum Gasteiger partial charge on any atom is -0.352 e. The van der Waals surface area contributed by atoms with E-state index >= 15 is 0 Å². The van der Waals surface area contributed by atoms with Gasteiger partial charge < -0.3 is 18.9 Å². The molecule has 136 valence electrons. The van der Waals surface area contributed by atoms with Gasteiger partial charge in [0.1, 0.15) is 0 Å². The van der Waals surface area contributed by atoms with Crippen LogP contribution in [-0.4, -0.2) is 39.0 Å². The maximum Gasteiger partial charge on any atom is 0.160 e. The van der Waals surface area contributed by atoms with Gasteiger partial charge in [0.2, 0.25) is 0 Å². The van der Waals surface area contributed by atoms with Gasteiger partial charge in [-0.05, 0) is 39.0 Å². The summed E-state index contributed by atoms with van der Waals surface area (Å²) >= 11 is 0.